The van der Waals surface area contributed by atoms with E-state index in [9.17, 15) is 14.4 Å². The second-order valence-corrected chi connectivity index (χ2v) is 8.52. The van der Waals surface area contributed by atoms with Gasteiger partial charge in [0.25, 0.3) is 0 Å². The third-order valence-electron chi connectivity index (χ3n) is 6.56. The summed E-state index contributed by atoms with van der Waals surface area (Å²) < 4.78 is 5.76. The van der Waals surface area contributed by atoms with E-state index < -0.39 is 0 Å². The standard InChI is InChI=1S/C23H20ClNO4/c24-16-9-7-13(8-10-16)18(26)12-29-19-4-2-1-3-17(19)25-22(27)20-14-5-6-15(11-14)21(20)23(25)28/h1-4,7-10,14-15,20-21H,5-6,11-12H2. The number of Topliss-reactive ketones (excluding diaryl/α,β-unsaturated/α-hetero) is 1. The van der Waals surface area contributed by atoms with Gasteiger partial charge in [-0.15, -0.1) is 0 Å². The lowest BCUT2D eigenvalue weighted by Crippen LogP contribution is -2.33. The van der Waals surface area contributed by atoms with Crippen LogP contribution in [-0.4, -0.2) is 24.2 Å². The number of halogens is 1. The molecule has 1 saturated heterocycles. The van der Waals surface area contributed by atoms with Crippen LogP contribution in [0.15, 0.2) is 48.5 Å². The number of hydrogen-bond acceptors (Lipinski definition) is 4. The first-order chi connectivity index (χ1) is 14.0. The van der Waals surface area contributed by atoms with E-state index in [0.29, 0.717) is 33.9 Å². The molecule has 2 aliphatic carbocycles. The average Bonchev–Trinajstić information content (AvgIpc) is 3.41. The Balaban J connectivity index is 1.37. The number of carbonyl (C=O) groups is 3. The predicted octanol–water partition coefficient (Wildman–Crippen LogP) is 4.14. The molecule has 29 heavy (non-hydrogen) atoms. The van der Waals surface area contributed by atoms with Crippen molar-refractivity contribution in [2.24, 2.45) is 23.7 Å². The average molecular weight is 410 g/mol. The molecule has 3 fully saturated rings. The van der Waals surface area contributed by atoms with Crippen molar-refractivity contribution in [3.63, 3.8) is 0 Å². The van der Waals surface area contributed by atoms with E-state index in [0.717, 1.165) is 19.3 Å². The minimum absolute atomic E-state index is 0.118. The van der Waals surface area contributed by atoms with E-state index >= 15 is 0 Å². The highest BCUT2D eigenvalue weighted by Crippen LogP contribution is 2.57. The van der Waals surface area contributed by atoms with E-state index in [1.165, 1.54) is 4.90 Å². The lowest BCUT2D eigenvalue weighted by atomic mass is 9.81. The first kappa shape index (κ1) is 18.4. The number of ketones is 1. The fraction of sp³-hybridized carbons (Fsp3) is 0.348. The van der Waals surface area contributed by atoms with E-state index in [1.807, 2.05) is 0 Å². The van der Waals surface area contributed by atoms with E-state index in [2.05, 4.69) is 0 Å². The molecule has 3 aliphatic rings. The number of amides is 2. The lowest BCUT2D eigenvalue weighted by Gasteiger charge is -2.20. The van der Waals surface area contributed by atoms with Crippen LogP contribution >= 0.6 is 11.6 Å². The minimum Gasteiger partial charge on any atom is -0.483 e. The summed E-state index contributed by atoms with van der Waals surface area (Å²) in [5.74, 6) is 0.195. The van der Waals surface area contributed by atoms with Gasteiger partial charge < -0.3 is 4.74 Å². The highest BCUT2D eigenvalue weighted by molar-refractivity contribution is 6.30. The van der Waals surface area contributed by atoms with Crippen LogP contribution in [0, 0.1) is 23.7 Å². The second-order valence-electron chi connectivity index (χ2n) is 8.08. The van der Waals surface area contributed by atoms with Gasteiger partial charge >= 0.3 is 0 Å². The zero-order valence-electron chi connectivity index (χ0n) is 15.7. The second kappa shape index (κ2) is 6.99. The Hall–Kier alpha value is -2.66. The van der Waals surface area contributed by atoms with Gasteiger partial charge in [-0.25, -0.2) is 4.90 Å². The first-order valence-electron chi connectivity index (χ1n) is 9.93. The van der Waals surface area contributed by atoms with Gasteiger partial charge in [-0.1, -0.05) is 23.7 Å². The van der Waals surface area contributed by atoms with Crippen molar-refractivity contribution in [2.75, 3.05) is 11.5 Å². The molecule has 2 aromatic carbocycles. The molecule has 4 unspecified atom stereocenters. The first-order valence-corrected chi connectivity index (χ1v) is 10.3. The van der Waals surface area contributed by atoms with Crippen molar-refractivity contribution in [1.82, 2.24) is 0 Å². The fourth-order valence-corrected chi connectivity index (χ4v) is 5.40. The molecule has 6 heteroatoms. The molecule has 4 atom stereocenters. The summed E-state index contributed by atoms with van der Waals surface area (Å²) in [5, 5.41) is 0.554. The molecule has 0 N–H and O–H groups in total. The van der Waals surface area contributed by atoms with Gasteiger partial charge in [0.1, 0.15) is 5.75 Å². The molecule has 0 radical (unpaired) electrons. The van der Waals surface area contributed by atoms with Crippen molar-refractivity contribution in [3.05, 3.63) is 59.1 Å². The highest BCUT2D eigenvalue weighted by atomic mass is 35.5. The molecule has 1 aliphatic heterocycles. The molecule has 2 saturated carbocycles. The Bertz CT molecular complexity index is 974. The zero-order valence-corrected chi connectivity index (χ0v) is 16.5. The van der Waals surface area contributed by atoms with Gasteiger partial charge in [-0.05, 0) is 67.5 Å². The Morgan fingerprint density at radius 2 is 1.59 bits per heavy atom. The maximum absolute atomic E-state index is 13.1. The van der Waals surface area contributed by atoms with Crippen molar-refractivity contribution in [3.8, 4) is 5.75 Å². The van der Waals surface area contributed by atoms with Crippen molar-refractivity contribution < 1.29 is 19.1 Å². The molecule has 5 rings (SSSR count). The van der Waals surface area contributed by atoms with Crippen LogP contribution in [0.3, 0.4) is 0 Å². The summed E-state index contributed by atoms with van der Waals surface area (Å²) in [6.07, 6.45) is 3.06. The minimum atomic E-state index is -0.203. The summed E-state index contributed by atoms with van der Waals surface area (Å²) >= 11 is 5.86. The summed E-state index contributed by atoms with van der Waals surface area (Å²) in [6, 6.07) is 13.5. The predicted molar refractivity (Wildman–Crippen MR) is 108 cm³/mol. The van der Waals surface area contributed by atoms with Crippen LogP contribution in [0.1, 0.15) is 29.6 Å². The molecule has 2 bridgehead atoms. The Morgan fingerprint density at radius 1 is 0.966 bits per heavy atom. The number of ether oxygens (including phenoxy) is 1. The van der Waals surface area contributed by atoms with E-state index in [4.69, 9.17) is 16.3 Å². The quantitative estimate of drug-likeness (QED) is 0.550. The van der Waals surface area contributed by atoms with Gasteiger partial charge in [0.2, 0.25) is 11.8 Å². The largest absolute Gasteiger partial charge is 0.483 e. The van der Waals surface area contributed by atoms with Crippen LogP contribution in [-0.2, 0) is 9.59 Å². The molecular formula is C23H20ClNO4. The molecule has 0 aromatic heterocycles. The van der Waals surface area contributed by atoms with Crippen molar-refractivity contribution in [2.45, 2.75) is 19.3 Å². The monoisotopic (exact) mass is 409 g/mol. The topological polar surface area (TPSA) is 63.7 Å². The number of nitrogens with zero attached hydrogens (tertiary/aromatic N) is 1. The van der Waals surface area contributed by atoms with Crippen LogP contribution in [0.2, 0.25) is 5.02 Å². The van der Waals surface area contributed by atoms with E-state index in [1.54, 1.807) is 48.5 Å². The smallest absolute Gasteiger partial charge is 0.238 e. The van der Waals surface area contributed by atoms with Gasteiger partial charge in [0, 0.05) is 10.6 Å². The number of anilines is 1. The van der Waals surface area contributed by atoms with Gasteiger partial charge in [-0.3, -0.25) is 14.4 Å². The fourth-order valence-electron chi connectivity index (χ4n) is 5.27. The molecular weight excluding hydrogens is 390 g/mol. The summed E-state index contributed by atoms with van der Waals surface area (Å²) in [6.45, 7) is -0.188. The van der Waals surface area contributed by atoms with Crippen LogP contribution in [0.25, 0.3) is 0 Å². The molecule has 0 spiro atoms. The third kappa shape index (κ3) is 2.96. The lowest BCUT2D eigenvalue weighted by molar-refractivity contribution is -0.123. The number of imide groups is 1. The van der Waals surface area contributed by atoms with Crippen LogP contribution < -0.4 is 9.64 Å². The van der Waals surface area contributed by atoms with Gasteiger partial charge in [0.15, 0.2) is 12.4 Å². The highest BCUT2D eigenvalue weighted by Gasteiger charge is 2.61. The SMILES string of the molecule is O=C(COc1ccccc1N1C(=O)C2C3CCC(C3)C2C1=O)c1ccc(Cl)cc1. The summed E-state index contributed by atoms with van der Waals surface area (Å²) in [4.78, 5) is 39.9. The van der Waals surface area contributed by atoms with Gasteiger partial charge in [0.05, 0.1) is 17.5 Å². The Morgan fingerprint density at radius 3 is 2.24 bits per heavy atom. The molecule has 5 nitrogen and oxygen atoms in total. The number of rotatable bonds is 5. The maximum atomic E-state index is 13.1. The molecule has 2 aromatic rings. The zero-order chi connectivity index (χ0) is 20.1. The number of hydrogen-bond donors (Lipinski definition) is 0. The summed E-state index contributed by atoms with van der Waals surface area (Å²) in [7, 11) is 0. The van der Waals surface area contributed by atoms with Gasteiger partial charge in [-0.2, -0.15) is 0 Å². The van der Waals surface area contributed by atoms with E-state index in [-0.39, 0.29) is 36.0 Å². The molecule has 148 valence electrons. The van der Waals surface area contributed by atoms with Crippen LogP contribution in [0.5, 0.6) is 5.75 Å². The molecule has 1 heterocycles. The Kier molecular flexibility index (Phi) is 4.43. The van der Waals surface area contributed by atoms with Crippen molar-refractivity contribution >= 4 is 34.9 Å². The number of carbonyl (C=O) groups excluding carboxylic acids is 3. The number of para-hydroxylation sites is 2. The summed E-state index contributed by atoms with van der Waals surface area (Å²) in [5.41, 5.74) is 0.923. The maximum Gasteiger partial charge on any atom is 0.238 e. The van der Waals surface area contributed by atoms with Crippen molar-refractivity contribution in [1.29, 1.82) is 0 Å². The Labute approximate surface area is 173 Å². The normalized spacial score (nSPS) is 27.4. The number of fused-ring (bicyclic) bond motifs is 5. The number of benzene rings is 2. The molecule has 2 amide bonds. The van der Waals surface area contributed by atoms with Crippen LogP contribution in [0.4, 0.5) is 5.69 Å². The third-order valence-corrected chi connectivity index (χ3v) is 6.81.